The van der Waals surface area contributed by atoms with Gasteiger partial charge in [-0.15, -0.1) is 0 Å². The maximum atomic E-state index is 10.3. The van der Waals surface area contributed by atoms with E-state index in [1.807, 2.05) is 39.0 Å². The van der Waals surface area contributed by atoms with E-state index in [0.29, 0.717) is 22.8 Å². The van der Waals surface area contributed by atoms with Gasteiger partial charge >= 0.3 is 0 Å². The zero-order chi connectivity index (χ0) is 18.1. The summed E-state index contributed by atoms with van der Waals surface area (Å²) in [6.07, 6.45) is 0. The molecule has 0 bridgehead atoms. The Morgan fingerprint density at radius 1 is 1.04 bits per heavy atom. The van der Waals surface area contributed by atoms with Crippen molar-refractivity contribution in [2.24, 2.45) is 10.9 Å². The SMILES string of the molecule is CC(C)c1cc(C(=NN)C(C)c2ccc3c(c2)OCO3)c(O)cc1O. The van der Waals surface area contributed by atoms with Crippen molar-refractivity contribution >= 4 is 5.71 Å². The zero-order valence-electron chi connectivity index (χ0n) is 14.5. The van der Waals surface area contributed by atoms with Crippen molar-refractivity contribution in [3.63, 3.8) is 0 Å². The second kappa shape index (κ2) is 6.55. The van der Waals surface area contributed by atoms with Gasteiger partial charge < -0.3 is 25.5 Å². The van der Waals surface area contributed by atoms with Crippen molar-refractivity contribution in [3.05, 3.63) is 47.0 Å². The van der Waals surface area contributed by atoms with Gasteiger partial charge in [-0.25, -0.2) is 0 Å². The zero-order valence-corrected chi connectivity index (χ0v) is 14.5. The largest absolute Gasteiger partial charge is 0.508 e. The number of nitrogens with zero attached hydrogens (tertiary/aromatic N) is 1. The fourth-order valence-corrected chi connectivity index (χ4v) is 3.02. The van der Waals surface area contributed by atoms with Crippen molar-refractivity contribution in [3.8, 4) is 23.0 Å². The van der Waals surface area contributed by atoms with Gasteiger partial charge in [0.15, 0.2) is 11.5 Å². The molecule has 0 fully saturated rings. The molecule has 0 aromatic heterocycles. The summed E-state index contributed by atoms with van der Waals surface area (Å²) >= 11 is 0. The van der Waals surface area contributed by atoms with E-state index in [2.05, 4.69) is 5.10 Å². The molecule has 0 aliphatic carbocycles. The summed E-state index contributed by atoms with van der Waals surface area (Å²) in [6.45, 7) is 6.10. The predicted molar refractivity (Wildman–Crippen MR) is 95.6 cm³/mol. The van der Waals surface area contributed by atoms with E-state index in [0.717, 1.165) is 11.1 Å². The van der Waals surface area contributed by atoms with Crippen LogP contribution in [0.3, 0.4) is 0 Å². The normalized spacial score (nSPS) is 14.8. The third kappa shape index (κ3) is 3.07. The first-order valence-electron chi connectivity index (χ1n) is 8.16. The van der Waals surface area contributed by atoms with Crippen LogP contribution in [0.15, 0.2) is 35.4 Å². The number of hydrogen-bond donors (Lipinski definition) is 3. The molecule has 1 heterocycles. The molecule has 132 valence electrons. The van der Waals surface area contributed by atoms with Crippen molar-refractivity contribution in [2.45, 2.75) is 32.6 Å². The number of hydrogen-bond acceptors (Lipinski definition) is 6. The Balaban J connectivity index is 2.01. The fourth-order valence-electron chi connectivity index (χ4n) is 3.02. The Morgan fingerprint density at radius 3 is 2.44 bits per heavy atom. The van der Waals surface area contributed by atoms with Gasteiger partial charge in [-0.3, -0.25) is 0 Å². The molecule has 0 spiro atoms. The van der Waals surface area contributed by atoms with Gasteiger partial charge in [0, 0.05) is 17.5 Å². The average molecular weight is 342 g/mol. The van der Waals surface area contributed by atoms with Crippen molar-refractivity contribution in [2.75, 3.05) is 6.79 Å². The lowest BCUT2D eigenvalue weighted by molar-refractivity contribution is 0.174. The molecule has 0 amide bonds. The Kier molecular flexibility index (Phi) is 4.44. The van der Waals surface area contributed by atoms with Crippen LogP contribution in [0.4, 0.5) is 0 Å². The summed E-state index contributed by atoms with van der Waals surface area (Å²) < 4.78 is 10.8. The van der Waals surface area contributed by atoms with Gasteiger partial charge in [-0.05, 0) is 35.2 Å². The summed E-state index contributed by atoms with van der Waals surface area (Å²) in [7, 11) is 0. The molecule has 0 radical (unpaired) electrons. The second-order valence-corrected chi connectivity index (χ2v) is 6.43. The Labute approximate surface area is 146 Å². The van der Waals surface area contributed by atoms with Crippen molar-refractivity contribution in [1.82, 2.24) is 0 Å². The summed E-state index contributed by atoms with van der Waals surface area (Å²) in [5.74, 6) is 6.95. The number of phenols is 2. The molecule has 3 rings (SSSR count). The van der Waals surface area contributed by atoms with E-state index in [1.54, 1.807) is 6.07 Å². The molecule has 6 heteroatoms. The monoisotopic (exact) mass is 342 g/mol. The average Bonchev–Trinajstić information content (AvgIpc) is 3.04. The summed E-state index contributed by atoms with van der Waals surface area (Å²) in [5.41, 5.74) is 2.70. The molecule has 0 saturated carbocycles. The maximum absolute atomic E-state index is 10.3. The van der Waals surface area contributed by atoms with E-state index in [-0.39, 0.29) is 30.1 Å². The van der Waals surface area contributed by atoms with Gasteiger partial charge in [0.25, 0.3) is 0 Å². The van der Waals surface area contributed by atoms with E-state index >= 15 is 0 Å². The Hall–Kier alpha value is -2.89. The lowest BCUT2D eigenvalue weighted by Crippen LogP contribution is -2.14. The van der Waals surface area contributed by atoms with Gasteiger partial charge in [0.2, 0.25) is 6.79 Å². The topological polar surface area (TPSA) is 97.3 Å². The van der Waals surface area contributed by atoms with Crippen LogP contribution in [0.25, 0.3) is 0 Å². The minimum absolute atomic E-state index is 0.0568. The molecule has 0 saturated heterocycles. The third-order valence-corrected chi connectivity index (χ3v) is 4.49. The van der Waals surface area contributed by atoms with Crippen LogP contribution in [-0.4, -0.2) is 22.7 Å². The molecule has 1 unspecified atom stereocenters. The van der Waals surface area contributed by atoms with E-state index in [1.165, 1.54) is 6.07 Å². The molecule has 1 atom stereocenters. The molecule has 4 N–H and O–H groups in total. The molecular formula is C19H22N2O4. The van der Waals surface area contributed by atoms with Gasteiger partial charge in [-0.1, -0.05) is 26.8 Å². The van der Waals surface area contributed by atoms with Gasteiger partial charge in [0.1, 0.15) is 11.5 Å². The van der Waals surface area contributed by atoms with Crippen molar-refractivity contribution in [1.29, 1.82) is 0 Å². The number of hydrazone groups is 1. The van der Waals surface area contributed by atoms with Gasteiger partial charge in [0.05, 0.1) is 5.71 Å². The number of aromatic hydroxyl groups is 2. The van der Waals surface area contributed by atoms with Crippen LogP contribution in [-0.2, 0) is 0 Å². The number of rotatable bonds is 4. The van der Waals surface area contributed by atoms with E-state index in [9.17, 15) is 10.2 Å². The van der Waals surface area contributed by atoms with E-state index in [4.69, 9.17) is 15.3 Å². The molecule has 1 aliphatic rings. The lowest BCUT2D eigenvalue weighted by Gasteiger charge is -2.18. The first-order chi connectivity index (χ1) is 11.9. The first kappa shape index (κ1) is 17.0. The quantitative estimate of drug-likeness (QED) is 0.449. The van der Waals surface area contributed by atoms with Crippen LogP contribution >= 0.6 is 0 Å². The van der Waals surface area contributed by atoms with Crippen LogP contribution in [0.1, 0.15) is 49.3 Å². The first-order valence-corrected chi connectivity index (χ1v) is 8.16. The lowest BCUT2D eigenvalue weighted by atomic mass is 9.88. The molecule has 2 aromatic carbocycles. The number of benzene rings is 2. The Bertz CT molecular complexity index is 830. The van der Waals surface area contributed by atoms with E-state index < -0.39 is 0 Å². The minimum Gasteiger partial charge on any atom is -0.508 e. The molecule has 6 nitrogen and oxygen atoms in total. The van der Waals surface area contributed by atoms with Crippen LogP contribution in [0.5, 0.6) is 23.0 Å². The van der Waals surface area contributed by atoms with Crippen molar-refractivity contribution < 1.29 is 19.7 Å². The standard InChI is InChI=1S/C19H22N2O4/c1-10(2)13-7-14(16(23)8-15(13)22)19(21-20)11(3)12-4-5-17-18(6-12)25-9-24-17/h4-8,10-11,22-23H,9,20H2,1-3H3. The molecule has 25 heavy (non-hydrogen) atoms. The number of nitrogens with two attached hydrogens (primary N) is 1. The highest BCUT2D eigenvalue weighted by molar-refractivity contribution is 6.07. The smallest absolute Gasteiger partial charge is 0.231 e. The highest BCUT2D eigenvalue weighted by Crippen LogP contribution is 2.38. The third-order valence-electron chi connectivity index (χ3n) is 4.49. The summed E-state index contributed by atoms with van der Waals surface area (Å²) in [5, 5.41) is 24.3. The predicted octanol–water partition coefficient (Wildman–Crippen LogP) is 3.42. The fraction of sp³-hybridized carbons (Fsp3) is 0.316. The maximum Gasteiger partial charge on any atom is 0.231 e. The van der Waals surface area contributed by atoms with Crippen LogP contribution in [0, 0.1) is 0 Å². The minimum atomic E-state index is -0.185. The molecular weight excluding hydrogens is 320 g/mol. The highest BCUT2D eigenvalue weighted by Gasteiger charge is 2.23. The van der Waals surface area contributed by atoms with Gasteiger partial charge in [-0.2, -0.15) is 5.10 Å². The second-order valence-electron chi connectivity index (χ2n) is 6.43. The molecule has 2 aromatic rings. The van der Waals surface area contributed by atoms with Crippen LogP contribution < -0.4 is 15.3 Å². The summed E-state index contributed by atoms with van der Waals surface area (Å²) in [4.78, 5) is 0. The highest BCUT2D eigenvalue weighted by atomic mass is 16.7. The van der Waals surface area contributed by atoms with Crippen LogP contribution in [0.2, 0.25) is 0 Å². The summed E-state index contributed by atoms with van der Waals surface area (Å²) in [6, 6.07) is 8.73. The number of ether oxygens (including phenoxy) is 2. The molecule has 1 aliphatic heterocycles. The Morgan fingerprint density at radius 2 is 1.76 bits per heavy atom. The number of phenolic OH excluding ortho intramolecular Hbond substituents is 2. The number of fused-ring (bicyclic) bond motifs is 1.